The number of aryl methyl sites for hydroxylation is 1. The molecule has 3 heteroatoms. The third kappa shape index (κ3) is 4.42. The molecule has 0 radical (unpaired) electrons. The SMILES string of the molecule is COc1cccc(/C=C2\CCC(CN(C)C)C2(O)Cc2ccccc2C)c1. The molecule has 2 aromatic rings. The molecular weight excluding hydrogens is 334 g/mol. The monoisotopic (exact) mass is 365 g/mol. The Labute approximate surface area is 163 Å². The van der Waals surface area contributed by atoms with Crippen molar-refractivity contribution in [1.29, 1.82) is 0 Å². The second-order valence-corrected chi connectivity index (χ2v) is 7.97. The van der Waals surface area contributed by atoms with Crippen LogP contribution in [0, 0.1) is 12.8 Å². The standard InChI is InChI=1S/C24H31NO2/c1-18-8-5-6-10-20(18)16-24(26)21(12-13-22(24)17-25(2)3)14-19-9-7-11-23(15-19)27-4/h5-11,14-15,22,26H,12-13,16-17H2,1-4H3/b21-14+. The Kier molecular flexibility index (Phi) is 6.03. The van der Waals surface area contributed by atoms with E-state index in [1.165, 1.54) is 11.1 Å². The number of methoxy groups -OCH3 is 1. The Morgan fingerprint density at radius 2 is 1.96 bits per heavy atom. The summed E-state index contributed by atoms with van der Waals surface area (Å²) in [4.78, 5) is 2.18. The number of aliphatic hydroxyl groups is 1. The zero-order valence-electron chi connectivity index (χ0n) is 16.9. The van der Waals surface area contributed by atoms with Crippen molar-refractivity contribution >= 4 is 6.08 Å². The normalized spacial score (nSPS) is 23.9. The van der Waals surface area contributed by atoms with Crippen molar-refractivity contribution in [3.8, 4) is 5.75 Å². The first-order valence-electron chi connectivity index (χ1n) is 9.69. The van der Waals surface area contributed by atoms with Gasteiger partial charge in [0.1, 0.15) is 5.75 Å². The van der Waals surface area contributed by atoms with E-state index in [4.69, 9.17) is 4.74 Å². The van der Waals surface area contributed by atoms with Gasteiger partial charge in [0.2, 0.25) is 0 Å². The summed E-state index contributed by atoms with van der Waals surface area (Å²) >= 11 is 0. The van der Waals surface area contributed by atoms with Gasteiger partial charge in [-0.25, -0.2) is 0 Å². The molecule has 0 aliphatic heterocycles. The minimum absolute atomic E-state index is 0.226. The fourth-order valence-electron chi connectivity index (χ4n) is 4.22. The van der Waals surface area contributed by atoms with Gasteiger partial charge >= 0.3 is 0 Å². The molecule has 0 saturated heterocycles. The van der Waals surface area contributed by atoms with Gasteiger partial charge in [-0.1, -0.05) is 42.5 Å². The van der Waals surface area contributed by atoms with E-state index in [0.717, 1.165) is 36.3 Å². The molecule has 0 amide bonds. The van der Waals surface area contributed by atoms with Crippen LogP contribution < -0.4 is 4.74 Å². The van der Waals surface area contributed by atoms with Gasteiger partial charge in [0, 0.05) is 18.9 Å². The lowest BCUT2D eigenvalue weighted by Crippen LogP contribution is -2.42. The smallest absolute Gasteiger partial charge is 0.119 e. The summed E-state index contributed by atoms with van der Waals surface area (Å²) in [5, 5.41) is 11.9. The van der Waals surface area contributed by atoms with Crippen molar-refractivity contribution in [2.24, 2.45) is 5.92 Å². The molecule has 2 aromatic carbocycles. The topological polar surface area (TPSA) is 32.7 Å². The van der Waals surface area contributed by atoms with E-state index in [-0.39, 0.29) is 5.92 Å². The van der Waals surface area contributed by atoms with Crippen molar-refractivity contribution in [1.82, 2.24) is 4.90 Å². The largest absolute Gasteiger partial charge is 0.497 e. The first kappa shape index (κ1) is 19.7. The number of hydrogen-bond acceptors (Lipinski definition) is 3. The Morgan fingerprint density at radius 1 is 1.19 bits per heavy atom. The van der Waals surface area contributed by atoms with Crippen LogP contribution in [0.2, 0.25) is 0 Å². The molecule has 1 N–H and O–H groups in total. The van der Waals surface area contributed by atoms with Gasteiger partial charge < -0.3 is 14.7 Å². The zero-order chi connectivity index (χ0) is 19.4. The molecule has 1 fully saturated rings. The van der Waals surface area contributed by atoms with Crippen LogP contribution in [0.5, 0.6) is 5.75 Å². The maximum atomic E-state index is 11.9. The van der Waals surface area contributed by atoms with Gasteiger partial charge in [0.25, 0.3) is 0 Å². The fourth-order valence-corrected chi connectivity index (χ4v) is 4.22. The first-order valence-corrected chi connectivity index (χ1v) is 9.69. The molecule has 1 saturated carbocycles. The Balaban J connectivity index is 1.98. The molecule has 1 aliphatic rings. The van der Waals surface area contributed by atoms with Crippen molar-refractivity contribution < 1.29 is 9.84 Å². The van der Waals surface area contributed by atoms with E-state index in [1.54, 1.807) is 7.11 Å². The van der Waals surface area contributed by atoms with E-state index >= 15 is 0 Å². The van der Waals surface area contributed by atoms with Crippen LogP contribution in [0.15, 0.2) is 54.1 Å². The van der Waals surface area contributed by atoms with Gasteiger partial charge in [-0.05, 0) is 68.3 Å². The third-order valence-electron chi connectivity index (χ3n) is 5.74. The molecule has 27 heavy (non-hydrogen) atoms. The van der Waals surface area contributed by atoms with Crippen LogP contribution in [0.1, 0.15) is 29.5 Å². The quantitative estimate of drug-likeness (QED) is 0.827. The van der Waals surface area contributed by atoms with Gasteiger partial charge in [-0.2, -0.15) is 0 Å². The molecule has 3 nitrogen and oxygen atoms in total. The summed E-state index contributed by atoms with van der Waals surface area (Å²) in [6.45, 7) is 3.01. The highest BCUT2D eigenvalue weighted by Crippen LogP contribution is 2.44. The lowest BCUT2D eigenvalue weighted by atomic mass is 9.80. The summed E-state index contributed by atoms with van der Waals surface area (Å²) in [5.74, 6) is 1.07. The van der Waals surface area contributed by atoms with E-state index in [1.807, 2.05) is 18.2 Å². The predicted molar refractivity (Wildman–Crippen MR) is 112 cm³/mol. The molecule has 3 rings (SSSR count). The van der Waals surface area contributed by atoms with E-state index in [9.17, 15) is 5.11 Å². The summed E-state index contributed by atoms with van der Waals surface area (Å²) in [6, 6.07) is 16.4. The van der Waals surface area contributed by atoms with Crippen LogP contribution in [0.4, 0.5) is 0 Å². The van der Waals surface area contributed by atoms with Crippen molar-refractivity contribution in [3.63, 3.8) is 0 Å². The fraction of sp³-hybridized carbons (Fsp3) is 0.417. The zero-order valence-corrected chi connectivity index (χ0v) is 16.9. The molecule has 144 valence electrons. The number of hydrogen-bond donors (Lipinski definition) is 1. The van der Waals surface area contributed by atoms with Crippen LogP contribution in [0.3, 0.4) is 0 Å². The Morgan fingerprint density at radius 3 is 2.67 bits per heavy atom. The van der Waals surface area contributed by atoms with E-state index in [2.05, 4.69) is 62.3 Å². The molecular formula is C24H31NO2. The average molecular weight is 366 g/mol. The van der Waals surface area contributed by atoms with E-state index in [0.29, 0.717) is 6.42 Å². The predicted octanol–water partition coefficient (Wildman–Crippen LogP) is 4.33. The van der Waals surface area contributed by atoms with Crippen molar-refractivity contribution in [2.75, 3.05) is 27.7 Å². The van der Waals surface area contributed by atoms with Gasteiger partial charge in [-0.3, -0.25) is 0 Å². The van der Waals surface area contributed by atoms with Gasteiger partial charge in [-0.15, -0.1) is 0 Å². The maximum absolute atomic E-state index is 11.9. The van der Waals surface area contributed by atoms with E-state index < -0.39 is 5.60 Å². The van der Waals surface area contributed by atoms with Crippen LogP contribution in [-0.4, -0.2) is 43.4 Å². The highest BCUT2D eigenvalue weighted by Gasteiger charge is 2.45. The maximum Gasteiger partial charge on any atom is 0.119 e. The number of rotatable bonds is 6. The average Bonchev–Trinajstić information content (AvgIpc) is 2.93. The summed E-state index contributed by atoms with van der Waals surface area (Å²) in [5.41, 5.74) is 3.85. The highest BCUT2D eigenvalue weighted by molar-refractivity contribution is 5.58. The van der Waals surface area contributed by atoms with Crippen LogP contribution >= 0.6 is 0 Å². The number of nitrogens with zero attached hydrogens (tertiary/aromatic N) is 1. The van der Waals surface area contributed by atoms with Gasteiger partial charge in [0.05, 0.1) is 12.7 Å². The minimum Gasteiger partial charge on any atom is -0.497 e. The lowest BCUT2D eigenvalue weighted by molar-refractivity contribution is 0.0256. The second kappa shape index (κ2) is 8.28. The van der Waals surface area contributed by atoms with Gasteiger partial charge in [0.15, 0.2) is 0 Å². The van der Waals surface area contributed by atoms with Crippen LogP contribution in [-0.2, 0) is 6.42 Å². The molecule has 2 atom stereocenters. The molecule has 1 aliphatic carbocycles. The van der Waals surface area contributed by atoms with Crippen molar-refractivity contribution in [3.05, 3.63) is 70.8 Å². The Bertz CT molecular complexity index is 812. The Hall–Kier alpha value is -2.10. The number of benzene rings is 2. The molecule has 0 aromatic heterocycles. The summed E-state index contributed by atoms with van der Waals surface area (Å²) < 4.78 is 5.36. The minimum atomic E-state index is -0.820. The summed E-state index contributed by atoms with van der Waals surface area (Å²) in [6.07, 6.45) is 4.76. The molecule has 0 spiro atoms. The first-order chi connectivity index (χ1) is 12.9. The third-order valence-corrected chi connectivity index (χ3v) is 5.74. The molecule has 0 bridgehead atoms. The lowest BCUT2D eigenvalue weighted by Gasteiger charge is -2.34. The van der Waals surface area contributed by atoms with Crippen LogP contribution in [0.25, 0.3) is 6.08 Å². The second-order valence-electron chi connectivity index (χ2n) is 7.97. The highest BCUT2D eigenvalue weighted by atomic mass is 16.5. The van der Waals surface area contributed by atoms with Crippen molar-refractivity contribution in [2.45, 2.75) is 31.8 Å². The summed E-state index contributed by atoms with van der Waals surface area (Å²) in [7, 11) is 5.85. The molecule has 2 unspecified atom stereocenters. The molecule has 0 heterocycles. The number of ether oxygens (including phenoxy) is 1.